The fraction of sp³-hybridized carbons (Fsp3) is 0.200. The Morgan fingerprint density at radius 3 is 2.64 bits per heavy atom. The van der Waals surface area contributed by atoms with Crippen LogP contribution in [0.15, 0.2) is 29.5 Å². The lowest BCUT2D eigenvalue weighted by Gasteiger charge is -2.09. The Labute approximate surface area is 139 Å². The molecule has 10 heteroatoms. The number of amides is 1. The van der Waals surface area contributed by atoms with Crippen LogP contribution in [-0.2, 0) is 18.4 Å². The molecule has 0 spiro atoms. The number of nitrogens with zero attached hydrogens (tertiary/aromatic N) is 4. The molecule has 0 aliphatic rings. The Morgan fingerprint density at radius 1 is 1.32 bits per heavy atom. The lowest BCUT2D eigenvalue weighted by molar-refractivity contribution is -0.116. The molecule has 3 rings (SSSR count). The highest BCUT2D eigenvalue weighted by molar-refractivity contribution is 5.90. The predicted octanol–water partition coefficient (Wildman–Crippen LogP) is 1.06. The minimum atomic E-state index is -0.951. The molecule has 0 bridgehead atoms. The van der Waals surface area contributed by atoms with E-state index in [-0.39, 0.29) is 17.6 Å². The molecule has 1 N–H and O–H groups in total. The molecule has 130 valence electrons. The third-order valence-electron chi connectivity index (χ3n) is 3.52. The Morgan fingerprint density at radius 2 is 2.00 bits per heavy atom. The van der Waals surface area contributed by atoms with Crippen LogP contribution in [0.1, 0.15) is 0 Å². The summed E-state index contributed by atoms with van der Waals surface area (Å²) in [5.74, 6) is -3.08. The van der Waals surface area contributed by atoms with Crippen molar-refractivity contribution in [1.82, 2.24) is 19.3 Å². The van der Waals surface area contributed by atoms with Crippen LogP contribution in [0.4, 0.5) is 14.5 Å². The van der Waals surface area contributed by atoms with Crippen molar-refractivity contribution in [2.24, 2.45) is 7.05 Å². The first-order valence-electron chi connectivity index (χ1n) is 7.10. The van der Waals surface area contributed by atoms with E-state index in [0.29, 0.717) is 5.65 Å². The van der Waals surface area contributed by atoms with Gasteiger partial charge in [0.05, 0.1) is 13.3 Å². The van der Waals surface area contributed by atoms with E-state index in [1.165, 1.54) is 17.2 Å². The van der Waals surface area contributed by atoms with E-state index in [4.69, 9.17) is 0 Å². The first-order chi connectivity index (χ1) is 11.9. The number of carbonyl (C=O) groups excluding carboxylic acids is 1. The minimum absolute atomic E-state index is 0.0933. The molecule has 25 heavy (non-hydrogen) atoms. The Hall–Kier alpha value is -3.30. The second kappa shape index (κ2) is 6.30. The topological polar surface area (TPSA) is 91.0 Å². The summed E-state index contributed by atoms with van der Waals surface area (Å²) in [5.41, 5.74) is -0.148. The van der Waals surface area contributed by atoms with Crippen LogP contribution < -0.4 is 15.6 Å². The number of benzene rings is 1. The summed E-state index contributed by atoms with van der Waals surface area (Å²) in [6.07, 6.45) is 2.56. The lowest BCUT2D eigenvalue weighted by Crippen LogP contribution is -2.27. The van der Waals surface area contributed by atoms with Gasteiger partial charge in [0.25, 0.3) is 5.56 Å². The number of methoxy groups -OCH3 is 1. The number of carbonyl (C=O) groups is 1. The summed E-state index contributed by atoms with van der Waals surface area (Å²) in [7, 11) is 2.77. The molecular formula is C15H13F2N5O3. The molecule has 0 unspecified atom stereocenters. The number of halogens is 2. The van der Waals surface area contributed by atoms with Crippen molar-refractivity contribution < 1.29 is 18.3 Å². The Balaban J connectivity index is 1.81. The van der Waals surface area contributed by atoms with Crippen LogP contribution in [-0.4, -0.2) is 32.3 Å². The van der Waals surface area contributed by atoms with Gasteiger partial charge in [-0.1, -0.05) is 0 Å². The van der Waals surface area contributed by atoms with Gasteiger partial charge in [-0.2, -0.15) is 5.10 Å². The van der Waals surface area contributed by atoms with Gasteiger partial charge in [-0.05, 0) is 0 Å². The summed E-state index contributed by atoms with van der Waals surface area (Å²) in [6, 6.07) is 1.84. The number of nitrogens with one attached hydrogen (secondary N) is 1. The molecule has 1 aromatic carbocycles. The summed E-state index contributed by atoms with van der Waals surface area (Å²) in [4.78, 5) is 28.4. The molecule has 8 nitrogen and oxygen atoms in total. The first-order valence-corrected chi connectivity index (χ1v) is 7.10. The smallest absolute Gasteiger partial charge is 0.264 e. The third kappa shape index (κ3) is 3.05. The molecule has 2 heterocycles. The molecule has 2 aromatic heterocycles. The average Bonchev–Trinajstić information content (AvgIpc) is 2.92. The predicted molar refractivity (Wildman–Crippen MR) is 84.3 cm³/mol. The van der Waals surface area contributed by atoms with E-state index in [9.17, 15) is 18.4 Å². The number of fused-ring (bicyclic) bond motifs is 1. The van der Waals surface area contributed by atoms with Crippen molar-refractivity contribution in [3.05, 3.63) is 46.6 Å². The van der Waals surface area contributed by atoms with Crippen LogP contribution in [0.25, 0.3) is 11.0 Å². The first kappa shape index (κ1) is 16.6. The van der Waals surface area contributed by atoms with Gasteiger partial charge in [0.15, 0.2) is 23.0 Å². The second-order valence-electron chi connectivity index (χ2n) is 5.20. The molecular weight excluding hydrogens is 336 g/mol. The fourth-order valence-electron chi connectivity index (χ4n) is 2.36. The largest absolute Gasteiger partial charge is 0.491 e. The summed E-state index contributed by atoms with van der Waals surface area (Å²) < 4.78 is 34.4. The standard InChI is InChI=1S/C15H13F2N5O3/c1-21-14-9(5-19-21)15(24)22(7-18-14)6-12(23)20-8-3-10(16)13(25-2)11(17)4-8/h3-5,7H,6H2,1-2H3,(H,20,23). The van der Waals surface area contributed by atoms with Crippen molar-refractivity contribution >= 4 is 22.6 Å². The van der Waals surface area contributed by atoms with Crippen molar-refractivity contribution in [2.75, 3.05) is 12.4 Å². The van der Waals surface area contributed by atoms with Gasteiger partial charge in [-0.3, -0.25) is 18.8 Å². The summed E-state index contributed by atoms with van der Waals surface area (Å²) >= 11 is 0. The van der Waals surface area contributed by atoms with E-state index in [2.05, 4.69) is 20.1 Å². The quantitative estimate of drug-likeness (QED) is 0.760. The highest BCUT2D eigenvalue weighted by atomic mass is 19.1. The number of anilines is 1. The van der Waals surface area contributed by atoms with Crippen molar-refractivity contribution in [2.45, 2.75) is 6.54 Å². The Bertz CT molecular complexity index is 1000. The molecule has 0 fully saturated rings. The second-order valence-corrected chi connectivity index (χ2v) is 5.20. The number of aryl methyl sites for hydroxylation is 1. The van der Waals surface area contributed by atoms with E-state index in [1.807, 2.05) is 0 Å². The molecule has 0 atom stereocenters. The maximum atomic E-state index is 13.6. The summed E-state index contributed by atoms with van der Waals surface area (Å²) in [6.45, 7) is -0.369. The van der Waals surface area contributed by atoms with E-state index >= 15 is 0 Å². The van der Waals surface area contributed by atoms with Crippen LogP contribution >= 0.6 is 0 Å². The van der Waals surface area contributed by atoms with E-state index < -0.39 is 28.9 Å². The Kier molecular flexibility index (Phi) is 4.17. The number of hydrogen-bond acceptors (Lipinski definition) is 5. The highest BCUT2D eigenvalue weighted by Crippen LogP contribution is 2.25. The van der Waals surface area contributed by atoms with Crippen LogP contribution in [0, 0.1) is 11.6 Å². The average molecular weight is 349 g/mol. The van der Waals surface area contributed by atoms with Gasteiger partial charge < -0.3 is 10.1 Å². The highest BCUT2D eigenvalue weighted by Gasteiger charge is 2.14. The van der Waals surface area contributed by atoms with E-state index in [0.717, 1.165) is 23.8 Å². The molecule has 0 saturated heterocycles. The van der Waals surface area contributed by atoms with E-state index in [1.54, 1.807) is 7.05 Å². The molecule has 0 aliphatic carbocycles. The number of ether oxygens (including phenoxy) is 1. The summed E-state index contributed by atoms with van der Waals surface area (Å²) in [5, 5.41) is 6.51. The zero-order chi connectivity index (χ0) is 18.1. The van der Waals surface area contributed by atoms with Gasteiger partial charge in [0.1, 0.15) is 18.3 Å². The number of aromatic nitrogens is 4. The maximum Gasteiger partial charge on any atom is 0.264 e. The normalized spacial score (nSPS) is 10.9. The zero-order valence-corrected chi connectivity index (χ0v) is 13.3. The third-order valence-corrected chi connectivity index (χ3v) is 3.52. The number of hydrogen-bond donors (Lipinski definition) is 1. The van der Waals surface area contributed by atoms with Gasteiger partial charge in [-0.25, -0.2) is 13.8 Å². The van der Waals surface area contributed by atoms with Gasteiger partial charge in [0, 0.05) is 24.9 Å². The van der Waals surface area contributed by atoms with Crippen LogP contribution in [0.5, 0.6) is 5.75 Å². The molecule has 3 aromatic rings. The number of rotatable bonds is 4. The van der Waals surface area contributed by atoms with Gasteiger partial charge >= 0.3 is 0 Å². The van der Waals surface area contributed by atoms with Crippen molar-refractivity contribution in [1.29, 1.82) is 0 Å². The maximum absolute atomic E-state index is 13.6. The lowest BCUT2D eigenvalue weighted by atomic mass is 10.2. The molecule has 1 amide bonds. The van der Waals surface area contributed by atoms with Crippen molar-refractivity contribution in [3.63, 3.8) is 0 Å². The fourth-order valence-corrected chi connectivity index (χ4v) is 2.36. The van der Waals surface area contributed by atoms with Gasteiger partial charge in [0.2, 0.25) is 5.91 Å². The molecule has 0 saturated carbocycles. The monoisotopic (exact) mass is 349 g/mol. The van der Waals surface area contributed by atoms with Crippen LogP contribution in [0.2, 0.25) is 0 Å². The molecule has 0 aliphatic heterocycles. The van der Waals surface area contributed by atoms with Gasteiger partial charge in [-0.15, -0.1) is 0 Å². The zero-order valence-electron chi connectivity index (χ0n) is 13.3. The molecule has 0 radical (unpaired) electrons. The SMILES string of the molecule is COc1c(F)cc(NC(=O)Cn2cnc3c(cnn3C)c2=O)cc1F. The minimum Gasteiger partial charge on any atom is -0.491 e. The van der Waals surface area contributed by atoms with Crippen molar-refractivity contribution in [3.8, 4) is 5.75 Å². The van der Waals surface area contributed by atoms with Crippen LogP contribution in [0.3, 0.4) is 0 Å².